The minimum Gasteiger partial charge on any atom is -0.479 e. The van der Waals surface area contributed by atoms with Gasteiger partial charge >= 0.3 is 12.0 Å². The van der Waals surface area contributed by atoms with Gasteiger partial charge in [0.1, 0.15) is 5.75 Å². The lowest BCUT2D eigenvalue weighted by Crippen LogP contribution is -2.29. The largest absolute Gasteiger partial charge is 0.479 e. The molecular weight excluding hydrogens is 362 g/mol. The third kappa shape index (κ3) is 5.16. The van der Waals surface area contributed by atoms with E-state index in [-0.39, 0.29) is 11.9 Å². The Balaban J connectivity index is 1.47. The topological polar surface area (TPSA) is 104 Å². The Morgan fingerprint density at radius 3 is 2.64 bits per heavy atom. The summed E-state index contributed by atoms with van der Waals surface area (Å²) in [5.41, 5.74) is 1.73. The molecule has 0 bridgehead atoms. The van der Waals surface area contributed by atoms with E-state index in [1.807, 2.05) is 37.3 Å². The molecule has 144 valence electrons. The Kier molecular flexibility index (Phi) is 6.01. The van der Waals surface area contributed by atoms with Crippen LogP contribution in [0.25, 0.3) is 11.5 Å². The number of benzene rings is 2. The second kappa shape index (κ2) is 8.81. The first-order valence-electron chi connectivity index (χ1n) is 8.60. The number of ether oxygens (including phenoxy) is 2. The van der Waals surface area contributed by atoms with Crippen molar-refractivity contribution in [3.05, 3.63) is 60.2 Å². The van der Waals surface area contributed by atoms with Crippen LogP contribution in [-0.2, 0) is 14.3 Å². The van der Waals surface area contributed by atoms with Crippen LogP contribution in [0.15, 0.2) is 59.0 Å². The van der Waals surface area contributed by atoms with Crippen molar-refractivity contribution < 1.29 is 23.5 Å². The molecule has 3 rings (SSSR count). The molecule has 1 aromatic heterocycles. The van der Waals surface area contributed by atoms with Gasteiger partial charge in [-0.15, -0.1) is 5.10 Å². The number of esters is 1. The van der Waals surface area contributed by atoms with E-state index in [2.05, 4.69) is 15.5 Å². The smallest absolute Gasteiger partial charge is 0.347 e. The van der Waals surface area contributed by atoms with Crippen molar-refractivity contribution in [3.8, 4) is 17.2 Å². The first-order valence-corrected chi connectivity index (χ1v) is 8.60. The molecule has 0 radical (unpaired) electrons. The molecule has 2 aromatic carbocycles. The van der Waals surface area contributed by atoms with E-state index in [9.17, 15) is 9.59 Å². The summed E-state index contributed by atoms with van der Waals surface area (Å²) in [5, 5.41) is 9.99. The van der Waals surface area contributed by atoms with Crippen molar-refractivity contribution >= 4 is 17.9 Å². The number of aromatic nitrogens is 2. The second-order valence-corrected chi connectivity index (χ2v) is 6.01. The summed E-state index contributed by atoms with van der Waals surface area (Å²) in [6.45, 7) is 2.97. The highest BCUT2D eigenvalue weighted by molar-refractivity contribution is 5.91. The maximum atomic E-state index is 12.0. The summed E-state index contributed by atoms with van der Waals surface area (Å²) >= 11 is 0. The van der Waals surface area contributed by atoms with Gasteiger partial charge in [0.25, 0.3) is 5.91 Å². The number of nitrogens with one attached hydrogen (secondary N) is 1. The van der Waals surface area contributed by atoms with Crippen LogP contribution in [0.2, 0.25) is 0 Å². The quantitative estimate of drug-likeness (QED) is 0.628. The van der Waals surface area contributed by atoms with Crippen LogP contribution in [0, 0.1) is 6.92 Å². The number of hydrogen-bond acceptors (Lipinski definition) is 7. The number of aryl methyl sites for hydroxylation is 1. The van der Waals surface area contributed by atoms with E-state index in [0.29, 0.717) is 5.75 Å². The normalized spacial score (nSPS) is 11.5. The molecule has 0 saturated carbocycles. The lowest BCUT2D eigenvalue weighted by atomic mass is 10.2. The van der Waals surface area contributed by atoms with E-state index in [1.165, 1.54) is 0 Å². The van der Waals surface area contributed by atoms with Crippen molar-refractivity contribution in [2.75, 3.05) is 11.9 Å². The maximum absolute atomic E-state index is 12.0. The van der Waals surface area contributed by atoms with Crippen LogP contribution in [-0.4, -0.2) is 34.8 Å². The lowest BCUT2D eigenvalue weighted by molar-refractivity contribution is -0.153. The van der Waals surface area contributed by atoms with Gasteiger partial charge in [-0.1, -0.05) is 35.4 Å². The molecule has 1 N–H and O–H groups in total. The summed E-state index contributed by atoms with van der Waals surface area (Å²) in [6.07, 6.45) is -0.859. The Bertz CT molecular complexity index is 955. The van der Waals surface area contributed by atoms with Crippen molar-refractivity contribution in [2.24, 2.45) is 0 Å². The number of hydrogen-bond donors (Lipinski definition) is 1. The third-order valence-corrected chi connectivity index (χ3v) is 3.67. The SMILES string of the molecule is Cc1cccc(O[C@H](C)C(=O)OCC(=O)Nc2nnc(-c3ccccc3)o2)c1. The average molecular weight is 381 g/mol. The fraction of sp³-hybridized carbons (Fsp3) is 0.200. The highest BCUT2D eigenvalue weighted by atomic mass is 16.6. The molecule has 3 aromatic rings. The molecule has 0 aliphatic carbocycles. The van der Waals surface area contributed by atoms with Crippen LogP contribution in [0.1, 0.15) is 12.5 Å². The fourth-order valence-corrected chi connectivity index (χ4v) is 2.32. The standard InChI is InChI=1S/C20H19N3O5/c1-13-7-6-10-16(11-13)27-14(2)19(25)26-12-17(24)21-20-23-22-18(28-20)15-8-4-3-5-9-15/h3-11,14H,12H2,1-2H3,(H,21,23,24)/t14-/m1/s1. The van der Waals surface area contributed by atoms with Gasteiger partial charge in [-0.2, -0.15) is 0 Å². The molecule has 0 aliphatic rings. The lowest BCUT2D eigenvalue weighted by Gasteiger charge is -2.14. The van der Waals surface area contributed by atoms with E-state index in [4.69, 9.17) is 13.9 Å². The maximum Gasteiger partial charge on any atom is 0.347 e. The summed E-state index contributed by atoms with van der Waals surface area (Å²) in [6, 6.07) is 16.3. The molecule has 0 saturated heterocycles. The first-order chi connectivity index (χ1) is 13.5. The Labute approximate surface area is 161 Å². The zero-order valence-corrected chi connectivity index (χ0v) is 15.4. The fourth-order valence-electron chi connectivity index (χ4n) is 2.32. The summed E-state index contributed by atoms with van der Waals surface area (Å²) in [5.74, 6) is -0.437. The molecule has 0 fully saturated rings. The van der Waals surface area contributed by atoms with Crippen LogP contribution in [0.4, 0.5) is 6.01 Å². The number of anilines is 1. The van der Waals surface area contributed by atoms with Crippen LogP contribution < -0.4 is 10.1 Å². The van der Waals surface area contributed by atoms with Gasteiger partial charge in [-0.25, -0.2) is 4.79 Å². The molecule has 1 heterocycles. The van der Waals surface area contributed by atoms with Gasteiger partial charge in [0.05, 0.1) is 0 Å². The number of amides is 1. The zero-order chi connectivity index (χ0) is 19.9. The van der Waals surface area contributed by atoms with Crippen molar-refractivity contribution in [2.45, 2.75) is 20.0 Å². The molecule has 1 atom stereocenters. The van der Waals surface area contributed by atoms with E-state index in [0.717, 1.165) is 11.1 Å². The predicted molar refractivity (Wildman–Crippen MR) is 101 cm³/mol. The van der Waals surface area contributed by atoms with Crippen LogP contribution in [0.5, 0.6) is 5.75 Å². The average Bonchev–Trinajstić information content (AvgIpc) is 3.15. The molecular formula is C20H19N3O5. The Morgan fingerprint density at radius 2 is 1.89 bits per heavy atom. The Morgan fingerprint density at radius 1 is 1.11 bits per heavy atom. The number of carbonyl (C=O) groups is 2. The molecule has 0 unspecified atom stereocenters. The highest BCUT2D eigenvalue weighted by Gasteiger charge is 2.19. The molecule has 8 heteroatoms. The van der Waals surface area contributed by atoms with Gasteiger partial charge in [-0.3, -0.25) is 10.1 Å². The Hall–Kier alpha value is -3.68. The van der Waals surface area contributed by atoms with Crippen molar-refractivity contribution in [3.63, 3.8) is 0 Å². The monoisotopic (exact) mass is 381 g/mol. The highest BCUT2D eigenvalue weighted by Crippen LogP contribution is 2.19. The number of rotatable bonds is 7. The first kappa shape index (κ1) is 19.1. The predicted octanol–water partition coefficient (Wildman–Crippen LogP) is 2.99. The van der Waals surface area contributed by atoms with Gasteiger partial charge in [0, 0.05) is 5.56 Å². The van der Waals surface area contributed by atoms with E-state index >= 15 is 0 Å². The summed E-state index contributed by atoms with van der Waals surface area (Å²) < 4.78 is 15.8. The summed E-state index contributed by atoms with van der Waals surface area (Å²) in [4.78, 5) is 23.9. The minimum atomic E-state index is -0.859. The zero-order valence-electron chi connectivity index (χ0n) is 15.4. The van der Waals surface area contributed by atoms with Crippen molar-refractivity contribution in [1.82, 2.24) is 10.2 Å². The third-order valence-electron chi connectivity index (χ3n) is 3.67. The molecule has 0 spiro atoms. The number of carbonyl (C=O) groups excluding carboxylic acids is 2. The minimum absolute atomic E-state index is 0.0797. The van der Waals surface area contributed by atoms with Gasteiger partial charge in [-0.05, 0) is 43.7 Å². The van der Waals surface area contributed by atoms with Gasteiger partial charge in [0.15, 0.2) is 12.7 Å². The van der Waals surface area contributed by atoms with Gasteiger partial charge in [0.2, 0.25) is 5.89 Å². The molecule has 28 heavy (non-hydrogen) atoms. The van der Waals surface area contributed by atoms with Gasteiger partial charge < -0.3 is 13.9 Å². The summed E-state index contributed by atoms with van der Waals surface area (Å²) in [7, 11) is 0. The second-order valence-electron chi connectivity index (χ2n) is 6.01. The van der Waals surface area contributed by atoms with E-state index in [1.54, 1.807) is 31.2 Å². The molecule has 1 amide bonds. The number of nitrogens with zero attached hydrogens (tertiary/aromatic N) is 2. The molecule has 0 aliphatic heterocycles. The van der Waals surface area contributed by atoms with Crippen LogP contribution >= 0.6 is 0 Å². The van der Waals surface area contributed by atoms with Crippen LogP contribution in [0.3, 0.4) is 0 Å². The van der Waals surface area contributed by atoms with Crippen molar-refractivity contribution in [1.29, 1.82) is 0 Å². The van der Waals surface area contributed by atoms with E-state index < -0.39 is 24.6 Å². The molecule has 8 nitrogen and oxygen atoms in total.